The molecule has 3 rings (SSSR count). The molecule has 25 heavy (non-hydrogen) atoms. The van der Waals surface area contributed by atoms with Crippen molar-refractivity contribution in [1.29, 1.82) is 0 Å². The van der Waals surface area contributed by atoms with E-state index < -0.39 is 0 Å². The number of aryl methyl sites for hydroxylation is 1. The minimum absolute atomic E-state index is 0.00463. The van der Waals surface area contributed by atoms with Gasteiger partial charge in [-0.05, 0) is 42.0 Å². The molecule has 0 radical (unpaired) electrons. The van der Waals surface area contributed by atoms with Crippen molar-refractivity contribution in [2.75, 3.05) is 20.2 Å². The molecule has 0 aliphatic rings. The lowest BCUT2D eigenvalue weighted by molar-refractivity contribution is 0.0771. The van der Waals surface area contributed by atoms with E-state index >= 15 is 0 Å². The van der Waals surface area contributed by atoms with Crippen LogP contribution in [-0.2, 0) is 0 Å². The number of carbonyl (C=O) groups is 1. The smallest absolute Gasteiger partial charge is 0.257 e. The molecule has 1 amide bonds. The summed E-state index contributed by atoms with van der Waals surface area (Å²) in [6, 6.07) is 18.8. The van der Waals surface area contributed by atoms with Crippen LogP contribution in [0.15, 0.2) is 60.7 Å². The Balaban J connectivity index is 1.65. The number of fused-ring (bicyclic) bond motifs is 1. The SMILES string of the molecule is Cc1ccc(OCCN(C)C(=O)c2cc3ccccc3cc2O)cc1. The summed E-state index contributed by atoms with van der Waals surface area (Å²) in [5.41, 5.74) is 1.47. The fraction of sp³-hybridized carbons (Fsp3) is 0.190. The predicted octanol–water partition coefficient (Wildman–Crippen LogP) is 4.00. The van der Waals surface area contributed by atoms with E-state index in [1.807, 2.05) is 55.5 Å². The summed E-state index contributed by atoms with van der Waals surface area (Å²) in [7, 11) is 1.70. The molecule has 0 unspecified atom stereocenters. The molecule has 4 heteroatoms. The quantitative estimate of drug-likeness (QED) is 0.766. The number of phenols is 1. The molecule has 0 fully saturated rings. The van der Waals surface area contributed by atoms with Crippen molar-refractivity contribution in [2.45, 2.75) is 6.92 Å². The zero-order valence-corrected chi connectivity index (χ0v) is 14.4. The Morgan fingerprint density at radius 3 is 2.36 bits per heavy atom. The van der Waals surface area contributed by atoms with E-state index in [0.717, 1.165) is 16.5 Å². The molecule has 0 saturated carbocycles. The molecule has 0 bridgehead atoms. The van der Waals surface area contributed by atoms with E-state index in [4.69, 9.17) is 4.74 Å². The van der Waals surface area contributed by atoms with Gasteiger partial charge in [-0.15, -0.1) is 0 Å². The van der Waals surface area contributed by atoms with Crippen LogP contribution in [0.3, 0.4) is 0 Å². The van der Waals surface area contributed by atoms with Crippen LogP contribution in [0, 0.1) is 6.92 Å². The highest BCUT2D eigenvalue weighted by atomic mass is 16.5. The third kappa shape index (κ3) is 3.91. The van der Waals surface area contributed by atoms with Gasteiger partial charge in [-0.3, -0.25) is 4.79 Å². The van der Waals surface area contributed by atoms with E-state index in [0.29, 0.717) is 18.7 Å². The summed E-state index contributed by atoms with van der Waals surface area (Å²) >= 11 is 0. The molecule has 1 N–H and O–H groups in total. The van der Waals surface area contributed by atoms with Gasteiger partial charge in [0.25, 0.3) is 5.91 Å². The first-order chi connectivity index (χ1) is 12.0. The second-order valence-corrected chi connectivity index (χ2v) is 6.10. The van der Waals surface area contributed by atoms with Gasteiger partial charge in [0.2, 0.25) is 0 Å². The van der Waals surface area contributed by atoms with Gasteiger partial charge < -0.3 is 14.7 Å². The second kappa shape index (κ2) is 7.26. The highest BCUT2D eigenvalue weighted by Gasteiger charge is 2.16. The van der Waals surface area contributed by atoms with Crippen molar-refractivity contribution in [3.8, 4) is 11.5 Å². The number of phenolic OH excluding ortho intramolecular Hbond substituents is 1. The van der Waals surface area contributed by atoms with Crippen LogP contribution in [-0.4, -0.2) is 36.1 Å². The van der Waals surface area contributed by atoms with E-state index in [1.54, 1.807) is 24.1 Å². The minimum Gasteiger partial charge on any atom is -0.507 e. The number of rotatable bonds is 5. The highest BCUT2D eigenvalue weighted by Crippen LogP contribution is 2.25. The van der Waals surface area contributed by atoms with Crippen LogP contribution >= 0.6 is 0 Å². The van der Waals surface area contributed by atoms with E-state index in [1.165, 1.54) is 5.56 Å². The first-order valence-corrected chi connectivity index (χ1v) is 8.21. The average Bonchev–Trinajstić information content (AvgIpc) is 2.62. The van der Waals surface area contributed by atoms with Crippen LogP contribution in [0.25, 0.3) is 10.8 Å². The lowest BCUT2D eigenvalue weighted by Gasteiger charge is -2.18. The molecule has 0 saturated heterocycles. The first kappa shape index (κ1) is 16.8. The standard InChI is InChI=1S/C21H21NO3/c1-15-7-9-18(10-8-15)25-12-11-22(2)21(24)19-13-16-5-3-4-6-17(16)14-20(19)23/h3-10,13-14,23H,11-12H2,1-2H3. The number of hydrogen-bond donors (Lipinski definition) is 1. The van der Waals surface area contributed by atoms with Crippen molar-refractivity contribution in [2.24, 2.45) is 0 Å². The predicted molar refractivity (Wildman–Crippen MR) is 99.2 cm³/mol. The molecular formula is C21H21NO3. The van der Waals surface area contributed by atoms with Crippen molar-refractivity contribution >= 4 is 16.7 Å². The van der Waals surface area contributed by atoms with Crippen LogP contribution < -0.4 is 4.74 Å². The van der Waals surface area contributed by atoms with Crippen molar-refractivity contribution < 1.29 is 14.6 Å². The minimum atomic E-state index is -0.226. The van der Waals surface area contributed by atoms with Gasteiger partial charge in [-0.1, -0.05) is 42.0 Å². The lowest BCUT2D eigenvalue weighted by Crippen LogP contribution is -2.30. The van der Waals surface area contributed by atoms with Crippen molar-refractivity contribution in [3.63, 3.8) is 0 Å². The van der Waals surface area contributed by atoms with Crippen molar-refractivity contribution in [1.82, 2.24) is 4.90 Å². The van der Waals surface area contributed by atoms with E-state index in [2.05, 4.69) is 0 Å². The number of aromatic hydroxyl groups is 1. The molecule has 128 valence electrons. The Bertz CT molecular complexity index is 887. The van der Waals surface area contributed by atoms with Gasteiger partial charge in [-0.25, -0.2) is 0 Å². The maximum Gasteiger partial charge on any atom is 0.257 e. The number of hydrogen-bond acceptors (Lipinski definition) is 3. The average molecular weight is 335 g/mol. The fourth-order valence-electron chi connectivity index (χ4n) is 2.64. The normalized spacial score (nSPS) is 10.6. The Morgan fingerprint density at radius 1 is 1.04 bits per heavy atom. The third-order valence-electron chi connectivity index (χ3n) is 4.16. The van der Waals surface area contributed by atoms with Gasteiger partial charge in [0, 0.05) is 7.05 Å². The summed E-state index contributed by atoms with van der Waals surface area (Å²) < 4.78 is 5.66. The van der Waals surface area contributed by atoms with Crippen molar-refractivity contribution in [3.05, 3.63) is 71.8 Å². The molecule has 3 aromatic rings. The summed E-state index contributed by atoms with van der Waals surface area (Å²) in [6.07, 6.45) is 0. The number of ether oxygens (including phenoxy) is 1. The number of likely N-dealkylation sites (N-methyl/N-ethyl adjacent to an activating group) is 1. The molecule has 3 aromatic carbocycles. The van der Waals surface area contributed by atoms with Crippen LogP contribution in [0.4, 0.5) is 0 Å². The Labute approximate surface area is 147 Å². The van der Waals surface area contributed by atoms with Gasteiger partial charge in [0.15, 0.2) is 0 Å². The van der Waals surface area contributed by atoms with Gasteiger partial charge in [0.1, 0.15) is 18.1 Å². The Kier molecular flexibility index (Phi) is 4.89. The zero-order valence-electron chi connectivity index (χ0n) is 14.4. The molecular weight excluding hydrogens is 314 g/mol. The molecule has 0 aliphatic heterocycles. The molecule has 0 heterocycles. The second-order valence-electron chi connectivity index (χ2n) is 6.10. The van der Waals surface area contributed by atoms with Crippen LogP contribution in [0.1, 0.15) is 15.9 Å². The number of carbonyl (C=O) groups excluding carboxylic acids is 1. The third-order valence-corrected chi connectivity index (χ3v) is 4.16. The number of benzene rings is 3. The van der Waals surface area contributed by atoms with Gasteiger partial charge >= 0.3 is 0 Å². The van der Waals surface area contributed by atoms with Crippen LogP contribution in [0.5, 0.6) is 11.5 Å². The molecule has 0 spiro atoms. The molecule has 0 atom stereocenters. The van der Waals surface area contributed by atoms with E-state index in [9.17, 15) is 9.90 Å². The van der Waals surface area contributed by atoms with Gasteiger partial charge in [-0.2, -0.15) is 0 Å². The van der Waals surface area contributed by atoms with E-state index in [-0.39, 0.29) is 11.7 Å². The molecule has 4 nitrogen and oxygen atoms in total. The summed E-state index contributed by atoms with van der Waals surface area (Å²) in [4.78, 5) is 14.2. The summed E-state index contributed by atoms with van der Waals surface area (Å²) in [5.74, 6) is 0.547. The summed E-state index contributed by atoms with van der Waals surface area (Å²) in [5, 5.41) is 12.0. The Hall–Kier alpha value is -3.01. The number of amides is 1. The van der Waals surface area contributed by atoms with Crippen LogP contribution in [0.2, 0.25) is 0 Å². The molecule has 0 aromatic heterocycles. The Morgan fingerprint density at radius 2 is 1.68 bits per heavy atom. The fourth-order valence-corrected chi connectivity index (χ4v) is 2.64. The lowest BCUT2D eigenvalue weighted by atomic mass is 10.1. The highest BCUT2D eigenvalue weighted by molar-refractivity contribution is 6.01. The maximum absolute atomic E-state index is 12.6. The largest absolute Gasteiger partial charge is 0.507 e. The number of nitrogens with zero attached hydrogens (tertiary/aromatic N) is 1. The topological polar surface area (TPSA) is 49.8 Å². The summed E-state index contributed by atoms with van der Waals surface area (Å²) in [6.45, 7) is 2.84. The maximum atomic E-state index is 12.6. The molecule has 0 aliphatic carbocycles. The van der Waals surface area contributed by atoms with Gasteiger partial charge in [0.05, 0.1) is 12.1 Å². The zero-order chi connectivity index (χ0) is 17.8. The first-order valence-electron chi connectivity index (χ1n) is 8.21. The monoisotopic (exact) mass is 335 g/mol.